The lowest BCUT2D eigenvalue weighted by Crippen LogP contribution is -2.57. The highest BCUT2D eigenvalue weighted by atomic mass is 79.9. The van der Waals surface area contributed by atoms with Crippen LogP contribution in [0.1, 0.15) is 49.7 Å². The van der Waals surface area contributed by atoms with Crippen LogP contribution in [-0.4, -0.2) is 84.0 Å². The van der Waals surface area contributed by atoms with Crippen LogP contribution in [0, 0.1) is 11.8 Å². The number of hydrogen-bond acceptors (Lipinski definition) is 5. The fourth-order valence-corrected chi connectivity index (χ4v) is 8.74. The third-order valence-electron chi connectivity index (χ3n) is 10.1. The molecule has 2 aromatic rings. The molecule has 4 heterocycles. The molecule has 3 fully saturated rings. The van der Waals surface area contributed by atoms with Gasteiger partial charge in [0.2, 0.25) is 5.91 Å². The summed E-state index contributed by atoms with van der Waals surface area (Å²) in [6.07, 6.45) is 6.18. The van der Waals surface area contributed by atoms with Crippen LogP contribution in [0.2, 0.25) is 0 Å². The topological polar surface area (TPSA) is 123 Å². The number of amides is 5. The lowest BCUT2D eigenvalue weighted by Gasteiger charge is -2.41. The van der Waals surface area contributed by atoms with Gasteiger partial charge < -0.3 is 36.4 Å². The van der Waals surface area contributed by atoms with E-state index in [1.54, 1.807) is 4.90 Å². The number of carbonyl (C=O) groups is 3. The van der Waals surface area contributed by atoms with E-state index in [-0.39, 0.29) is 24.0 Å². The standard InChI is InChI=1S/C33H43Br2N7O3/c34-26-17-21(18-27(35)30(26)36)19-29(31(43)40-13-7-23(8-14-40)22-5-11-37-12-6-22)39-32(44)41-15-9-25(10-16-41)42-20-24-3-1-2-4-28(24)38-33(42)45/h1-4,17-18,22-23,25,29,37H,5-16,19-20,36H2,(H,38,45)(H,39,44)/t29-/m0/s1. The molecule has 0 bridgehead atoms. The number of benzene rings is 2. The molecule has 3 saturated heterocycles. The number of piperidine rings is 3. The van der Waals surface area contributed by atoms with Crippen molar-refractivity contribution in [3.05, 3.63) is 56.5 Å². The number of nitrogens with zero attached hydrogens (tertiary/aromatic N) is 3. The van der Waals surface area contributed by atoms with E-state index in [1.165, 1.54) is 12.8 Å². The van der Waals surface area contributed by atoms with Crippen molar-refractivity contribution in [1.82, 2.24) is 25.3 Å². The summed E-state index contributed by atoms with van der Waals surface area (Å²) in [6, 6.07) is 10.7. The number of nitrogen functional groups attached to an aromatic ring is 1. The minimum absolute atomic E-state index is 0.0327. The summed E-state index contributed by atoms with van der Waals surface area (Å²) in [4.78, 5) is 46.1. The summed E-state index contributed by atoms with van der Waals surface area (Å²) < 4.78 is 1.50. The van der Waals surface area contributed by atoms with Crippen LogP contribution in [0.3, 0.4) is 0 Å². The van der Waals surface area contributed by atoms with Gasteiger partial charge in [0.05, 0.1) is 5.69 Å². The lowest BCUT2D eigenvalue weighted by molar-refractivity contribution is -0.135. The summed E-state index contributed by atoms with van der Waals surface area (Å²) in [5, 5.41) is 9.57. The molecule has 0 spiro atoms. The summed E-state index contributed by atoms with van der Waals surface area (Å²) in [5.41, 5.74) is 9.59. The van der Waals surface area contributed by atoms with E-state index >= 15 is 0 Å². The third-order valence-corrected chi connectivity index (χ3v) is 11.4. The maximum atomic E-state index is 14.0. The molecule has 5 amide bonds. The maximum absolute atomic E-state index is 14.0. The van der Waals surface area contributed by atoms with E-state index in [9.17, 15) is 14.4 Å². The van der Waals surface area contributed by atoms with E-state index < -0.39 is 6.04 Å². The third kappa shape index (κ3) is 7.44. The minimum atomic E-state index is -0.697. The number of nitrogens with one attached hydrogen (secondary N) is 3. The molecule has 4 aliphatic heterocycles. The van der Waals surface area contributed by atoms with Gasteiger partial charge in [0.15, 0.2) is 0 Å². The molecule has 6 rings (SSSR count). The molecule has 45 heavy (non-hydrogen) atoms. The zero-order valence-electron chi connectivity index (χ0n) is 25.6. The van der Waals surface area contributed by atoms with Gasteiger partial charge in [0, 0.05) is 59.8 Å². The van der Waals surface area contributed by atoms with Crippen molar-refractivity contribution < 1.29 is 14.4 Å². The molecule has 0 radical (unpaired) electrons. The summed E-state index contributed by atoms with van der Waals surface area (Å²) in [6.45, 7) is 5.22. The smallest absolute Gasteiger partial charge is 0.322 e. The monoisotopic (exact) mass is 743 g/mol. The molecule has 242 valence electrons. The SMILES string of the molecule is Nc1c(Br)cc(C[C@H](NC(=O)N2CCC(N3Cc4ccccc4NC3=O)CC2)C(=O)N2CCC(C3CCNCC3)CC2)cc1Br. The Bertz CT molecular complexity index is 1380. The summed E-state index contributed by atoms with van der Waals surface area (Å²) in [5.74, 6) is 1.36. The van der Waals surface area contributed by atoms with Crippen LogP contribution in [0.4, 0.5) is 21.0 Å². The Morgan fingerprint density at radius 1 is 0.911 bits per heavy atom. The first-order valence-electron chi connectivity index (χ1n) is 16.2. The van der Waals surface area contributed by atoms with Gasteiger partial charge in [0.1, 0.15) is 6.04 Å². The molecule has 1 atom stereocenters. The van der Waals surface area contributed by atoms with Crippen LogP contribution in [0.15, 0.2) is 45.3 Å². The van der Waals surface area contributed by atoms with Gasteiger partial charge in [-0.2, -0.15) is 0 Å². The number of nitrogens with two attached hydrogens (primary N) is 1. The quantitative estimate of drug-likeness (QED) is 0.305. The second kappa shape index (κ2) is 14.3. The van der Waals surface area contributed by atoms with Crippen molar-refractivity contribution in [3.8, 4) is 0 Å². The van der Waals surface area contributed by atoms with Crippen LogP contribution < -0.4 is 21.7 Å². The first kappa shape index (κ1) is 32.1. The van der Waals surface area contributed by atoms with E-state index in [2.05, 4.69) is 47.8 Å². The second-order valence-electron chi connectivity index (χ2n) is 12.9. The van der Waals surface area contributed by atoms with Gasteiger partial charge >= 0.3 is 12.1 Å². The fourth-order valence-electron chi connectivity index (χ4n) is 7.46. The molecular weight excluding hydrogens is 702 g/mol. The maximum Gasteiger partial charge on any atom is 0.322 e. The Balaban J connectivity index is 1.09. The predicted octanol–water partition coefficient (Wildman–Crippen LogP) is 5.16. The van der Waals surface area contributed by atoms with Gasteiger partial charge in [0.25, 0.3) is 0 Å². The first-order chi connectivity index (χ1) is 21.8. The Labute approximate surface area is 282 Å². The molecule has 0 saturated carbocycles. The molecule has 2 aromatic carbocycles. The zero-order valence-corrected chi connectivity index (χ0v) is 28.7. The molecule has 5 N–H and O–H groups in total. The van der Waals surface area contributed by atoms with Crippen LogP contribution in [0.5, 0.6) is 0 Å². The molecule has 12 heteroatoms. The molecule has 4 aliphatic rings. The van der Waals surface area contributed by atoms with E-state index in [4.69, 9.17) is 5.73 Å². The van der Waals surface area contributed by atoms with Gasteiger partial charge in [-0.15, -0.1) is 0 Å². The molecule has 0 aromatic heterocycles. The number of halogens is 2. The van der Waals surface area contributed by atoms with Crippen LogP contribution >= 0.6 is 31.9 Å². The average Bonchev–Trinajstić information content (AvgIpc) is 3.06. The number of para-hydroxylation sites is 1. The lowest BCUT2D eigenvalue weighted by atomic mass is 9.79. The Morgan fingerprint density at radius 2 is 1.53 bits per heavy atom. The molecule has 0 unspecified atom stereocenters. The second-order valence-corrected chi connectivity index (χ2v) is 14.6. The van der Waals surface area contributed by atoms with Crippen molar-refractivity contribution >= 4 is 61.2 Å². The number of likely N-dealkylation sites (tertiary alicyclic amines) is 2. The number of fused-ring (bicyclic) bond motifs is 1. The van der Waals surface area contributed by atoms with Gasteiger partial charge in [-0.3, -0.25) is 4.79 Å². The normalized spacial score (nSPS) is 20.8. The van der Waals surface area contributed by atoms with Crippen molar-refractivity contribution in [2.45, 2.75) is 63.6 Å². The van der Waals surface area contributed by atoms with E-state index in [0.717, 1.165) is 70.7 Å². The van der Waals surface area contributed by atoms with Gasteiger partial charge in [-0.05, 0) is 125 Å². The van der Waals surface area contributed by atoms with Gasteiger partial charge in [-0.1, -0.05) is 18.2 Å². The highest BCUT2D eigenvalue weighted by Gasteiger charge is 2.36. The van der Waals surface area contributed by atoms with Crippen LogP contribution in [0.25, 0.3) is 0 Å². The zero-order chi connectivity index (χ0) is 31.5. The number of rotatable bonds is 6. The molecule has 0 aliphatic carbocycles. The molecule has 10 nitrogen and oxygen atoms in total. The Kier molecular flexibility index (Phi) is 10.2. The minimum Gasteiger partial charge on any atom is -0.397 e. The number of anilines is 2. The average molecular weight is 746 g/mol. The largest absolute Gasteiger partial charge is 0.397 e. The van der Waals surface area contributed by atoms with E-state index in [1.807, 2.05) is 46.2 Å². The van der Waals surface area contributed by atoms with Crippen molar-refractivity contribution in [3.63, 3.8) is 0 Å². The first-order valence-corrected chi connectivity index (χ1v) is 17.8. The molecular formula is C33H43Br2N7O3. The highest BCUT2D eigenvalue weighted by Crippen LogP contribution is 2.33. The van der Waals surface area contributed by atoms with Crippen molar-refractivity contribution in [1.29, 1.82) is 0 Å². The predicted molar refractivity (Wildman–Crippen MR) is 183 cm³/mol. The van der Waals surface area contributed by atoms with Crippen molar-refractivity contribution in [2.24, 2.45) is 11.8 Å². The van der Waals surface area contributed by atoms with E-state index in [0.29, 0.717) is 50.5 Å². The number of urea groups is 2. The summed E-state index contributed by atoms with van der Waals surface area (Å²) in [7, 11) is 0. The Morgan fingerprint density at radius 3 is 2.22 bits per heavy atom. The number of carbonyl (C=O) groups excluding carboxylic acids is 3. The van der Waals surface area contributed by atoms with Gasteiger partial charge in [-0.25, -0.2) is 9.59 Å². The fraction of sp³-hybridized carbons (Fsp3) is 0.545. The highest BCUT2D eigenvalue weighted by molar-refractivity contribution is 9.11. The number of hydrogen-bond donors (Lipinski definition) is 4. The summed E-state index contributed by atoms with van der Waals surface area (Å²) >= 11 is 7.05. The van der Waals surface area contributed by atoms with Crippen LogP contribution in [-0.2, 0) is 17.8 Å². The van der Waals surface area contributed by atoms with Crippen molar-refractivity contribution in [2.75, 3.05) is 50.3 Å². The Hall–Kier alpha value is -2.83.